The third kappa shape index (κ3) is 29.9. The summed E-state index contributed by atoms with van der Waals surface area (Å²) in [6, 6.07) is 0.713. The molecule has 1 unspecified atom stereocenters. The second kappa shape index (κ2) is 26.2. The van der Waals surface area contributed by atoms with Gasteiger partial charge in [-0.15, -0.1) is 0 Å². The van der Waals surface area contributed by atoms with Crippen molar-refractivity contribution in [2.45, 2.75) is 136 Å². The van der Waals surface area contributed by atoms with Crippen LogP contribution in [0.2, 0.25) is 0 Å². The molecule has 0 fully saturated rings. The highest BCUT2D eigenvalue weighted by Crippen LogP contribution is 2.09. The summed E-state index contributed by atoms with van der Waals surface area (Å²) >= 11 is 0. The molecular formula is C25H52N2O. The Morgan fingerprint density at radius 2 is 1.29 bits per heavy atom. The molecule has 0 spiro atoms. The fraction of sp³-hybridized carbons (Fsp3) is 0.880. The molecule has 0 saturated heterocycles. The third-order valence-corrected chi connectivity index (χ3v) is 4.96. The standard InChI is InChI=1S/C18H35NO.C7H17N/c1-2-3-4-5-6-7-8-9-10-11-12-13-14-15-16-17-18(19)20;1-4-6-7(3)8-5-2/h9-10H,2-8,11-17H2,1H3,(H2,19,20);7-8H,4-6H2,1-3H3/b10-9-;. The van der Waals surface area contributed by atoms with Crippen LogP contribution in [-0.2, 0) is 4.79 Å². The van der Waals surface area contributed by atoms with Crippen LogP contribution in [0.5, 0.6) is 0 Å². The number of amides is 1. The van der Waals surface area contributed by atoms with Gasteiger partial charge in [-0.1, -0.05) is 90.7 Å². The van der Waals surface area contributed by atoms with Crippen LogP contribution < -0.4 is 11.1 Å². The Morgan fingerprint density at radius 1 is 0.786 bits per heavy atom. The SMILES string of the molecule is CCCC(C)NCC.CCCCCCCC/C=C\CCCCCCCC(N)=O. The Hall–Kier alpha value is -0.830. The molecule has 3 nitrogen and oxygen atoms in total. The molecule has 0 radical (unpaired) electrons. The van der Waals surface area contributed by atoms with Gasteiger partial charge in [0.05, 0.1) is 0 Å². The molecule has 3 heteroatoms. The van der Waals surface area contributed by atoms with Crippen LogP contribution >= 0.6 is 0 Å². The predicted octanol–water partition coefficient (Wildman–Crippen LogP) is 7.29. The molecule has 0 rings (SSSR count). The Morgan fingerprint density at radius 3 is 1.75 bits per heavy atom. The average Bonchev–Trinajstić information content (AvgIpc) is 2.65. The second-order valence-corrected chi connectivity index (χ2v) is 8.05. The van der Waals surface area contributed by atoms with E-state index in [1.165, 1.54) is 83.5 Å². The summed E-state index contributed by atoms with van der Waals surface area (Å²) in [4.78, 5) is 10.5. The van der Waals surface area contributed by atoms with Crippen LogP contribution in [0.3, 0.4) is 0 Å². The summed E-state index contributed by atoms with van der Waals surface area (Å²) < 4.78 is 0. The van der Waals surface area contributed by atoms with Crippen molar-refractivity contribution in [2.24, 2.45) is 5.73 Å². The quantitative estimate of drug-likeness (QED) is 0.178. The first-order valence-electron chi connectivity index (χ1n) is 12.2. The van der Waals surface area contributed by atoms with E-state index in [-0.39, 0.29) is 5.91 Å². The number of allylic oxidation sites excluding steroid dienone is 2. The van der Waals surface area contributed by atoms with E-state index in [1.807, 2.05) is 0 Å². The van der Waals surface area contributed by atoms with E-state index in [4.69, 9.17) is 5.73 Å². The Bertz CT molecular complexity index is 323. The summed E-state index contributed by atoms with van der Waals surface area (Å²) in [5.41, 5.74) is 5.10. The maximum Gasteiger partial charge on any atom is 0.217 e. The van der Waals surface area contributed by atoms with Crippen LogP contribution in [0.15, 0.2) is 12.2 Å². The van der Waals surface area contributed by atoms with Crippen molar-refractivity contribution in [3.63, 3.8) is 0 Å². The van der Waals surface area contributed by atoms with Crippen LogP contribution in [0, 0.1) is 0 Å². The molecule has 0 aromatic rings. The highest BCUT2D eigenvalue weighted by Gasteiger charge is 1.95. The maximum absolute atomic E-state index is 10.5. The van der Waals surface area contributed by atoms with Crippen molar-refractivity contribution in [1.29, 1.82) is 0 Å². The van der Waals surface area contributed by atoms with Crippen molar-refractivity contribution in [1.82, 2.24) is 5.32 Å². The van der Waals surface area contributed by atoms with Crippen molar-refractivity contribution in [3.05, 3.63) is 12.2 Å². The Kier molecular flexibility index (Phi) is 27.5. The number of carbonyl (C=O) groups excluding carboxylic acids is 1. The molecule has 0 heterocycles. The van der Waals surface area contributed by atoms with Gasteiger partial charge in [-0.25, -0.2) is 0 Å². The van der Waals surface area contributed by atoms with E-state index >= 15 is 0 Å². The summed E-state index contributed by atoms with van der Waals surface area (Å²) in [5, 5.41) is 3.35. The van der Waals surface area contributed by atoms with Crippen LogP contribution in [-0.4, -0.2) is 18.5 Å². The molecule has 0 bridgehead atoms. The lowest BCUT2D eigenvalue weighted by molar-refractivity contribution is -0.118. The van der Waals surface area contributed by atoms with E-state index in [2.05, 4.69) is 45.2 Å². The number of primary amides is 1. The van der Waals surface area contributed by atoms with Gasteiger partial charge >= 0.3 is 0 Å². The Labute approximate surface area is 177 Å². The van der Waals surface area contributed by atoms with Gasteiger partial charge in [0.15, 0.2) is 0 Å². The minimum Gasteiger partial charge on any atom is -0.370 e. The lowest BCUT2D eigenvalue weighted by Crippen LogP contribution is -2.24. The Balaban J connectivity index is 0. The zero-order valence-corrected chi connectivity index (χ0v) is 19.7. The monoisotopic (exact) mass is 396 g/mol. The molecule has 0 aromatic heterocycles. The third-order valence-electron chi connectivity index (χ3n) is 4.96. The van der Waals surface area contributed by atoms with Gasteiger partial charge in [0.1, 0.15) is 0 Å². The van der Waals surface area contributed by atoms with Crippen LogP contribution in [0.1, 0.15) is 130 Å². The molecule has 1 amide bonds. The smallest absolute Gasteiger partial charge is 0.217 e. The molecular weight excluding hydrogens is 344 g/mol. The minimum atomic E-state index is -0.164. The first-order valence-corrected chi connectivity index (χ1v) is 12.2. The van der Waals surface area contributed by atoms with E-state index in [0.717, 1.165) is 19.4 Å². The van der Waals surface area contributed by atoms with E-state index in [9.17, 15) is 4.79 Å². The number of nitrogens with one attached hydrogen (secondary N) is 1. The second-order valence-electron chi connectivity index (χ2n) is 8.05. The summed E-state index contributed by atoms with van der Waals surface area (Å²) in [5.74, 6) is -0.164. The summed E-state index contributed by atoms with van der Waals surface area (Å²) in [7, 11) is 0. The van der Waals surface area contributed by atoms with Gasteiger partial charge in [0, 0.05) is 12.5 Å². The number of nitrogens with two attached hydrogens (primary N) is 1. The number of unbranched alkanes of at least 4 members (excludes halogenated alkanes) is 11. The van der Waals surface area contributed by atoms with E-state index in [0.29, 0.717) is 12.5 Å². The summed E-state index contributed by atoms with van der Waals surface area (Å²) in [6.07, 6.45) is 24.5. The molecule has 0 aromatic carbocycles. The fourth-order valence-electron chi connectivity index (χ4n) is 3.25. The lowest BCUT2D eigenvalue weighted by atomic mass is 10.1. The van der Waals surface area contributed by atoms with Crippen molar-refractivity contribution >= 4 is 5.91 Å². The molecule has 0 saturated carbocycles. The van der Waals surface area contributed by atoms with Gasteiger partial charge < -0.3 is 11.1 Å². The minimum absolute atomic E-state index is 0.164. The number of rotatable bonds is 19. The van der Waals surface area contributed by atoms with Crippen LogP contribution in [0.4, 0.5) is 0 Å². The zero-order valence-electron chi connectivity index (χ0n) is 19.7. The van der Waals surface area contributed by atoms with Gasteiger partial charge in [0.2, 0.25) is 5.91 Å². The zero-order chi connectivity index (χ0) is 21.3. The maximum atomic E-state index is 10.5. The number of hydrogen-bond acceptors (Lipinski definition) is 2. The molecule has 28 heavy (non-hydrogen) atoms. The highest BCUT2D eigenvalue weighted by molar-refractivity contribution is 5.73. The van der Waals surface area contributed by atoms with Gasteiger partial charge in [-0.2, -0.15) is 0 Å². The largest absolute Gasteiger partial charge is 0.370 e. The average molecular weight is 397 g/mol. The van der Waals surface area contributed by atoms with Crippen molar-refractivity contribution in [3.8, 4) is 0 Å². The molecule has 0 aliphatic carbocycles. The highest BCUT2D eigenvalue weighted by atomic mass is 16.1. The van der Waals surface area contributed by atoms with Gasteiger partial charge in [-0.3, -0.25) is 4.79 Å². The van der Waals surface area contributed by atoms with E-state index in [1.54, 1.807) is 0 Å². The molecule has 3 N–H and O–H groups in total. The topological polar surface area (TPSA) is 55.1 Å². The number of carbonyl (C=O) groups is 1. The first kappa shape index (κ1) is 29.4. The van der Waals surface area contributed by atoms with Crippen molar-refractivity contribution in [2.75, 3.05) is 6.54 Å². The van der Waals surface area contributed by atoms with Gasteiger partial charge in [-0.05, 0) is 52.0 Å². The van der Waals surface area contributed by atoms with E-state index < -0.39 is 0 Å². The fourth-order valence-corrected chi connectivity index (χ4v) is 3.25. The predicted molar refractivity (Wildman–Crippen MR) is 127 cm³/mol. The first-order chi connectivity index (χ1) is 13.6. The molecule has 168 valence electrons. The van der Waals surface area contributed by atoms with Crippen molar-refractivity contribution < 1.29 is 4.79 Å². The molecule has 0 aliphatic heterocycles. The molecule has 1 atom stereocenters. The van der Waals surface area contributed by atoms with Gasteiger partial charge in [0.25, 0.3) is 0 Å². The number of hydrogen-bond donors (Lipinski definition) is 2. The van der Waals surface area contributed by atoms with Crippen LogP contribution in [0.25, 0.3) is 0 Å². The summed E-state index contributed by atoms with van der Waals surface area (Å²) in [6.45, 7) is 9.95. The lowest BCUT2D eigenvalue weighted by Gasteiger charge is -2.08. The molecule has 0 aliphatic rings. The normalized spacial score (nSPS) is 12.0.